The summed E-state index contributed by atoms with van der Waals surface area (Å²) in [6, 6.07) is 10.4. The highest BCUT2D eigenvalue weighted by atomic mass is 16.1. The Balaban J connectivity index is 2.75. The second-order valence-corrected chi connectivity index (χ2v) is 5.63. The van der Waals surface area contributed by atoms with Crippen molar-refractivity contribution in [3.8, 4) is 0 Å². The fourth-order valence-corrected chi connectivity index (χ4v) is 1.89. The van der Waals surface area contributed by atoms with E-state index in [1.807, 2.05) is 32.0 Å². The number of nitrogens with two attached hydrogens (primary N) is 1. The van der Waals surface area contributed by atoms with Gasteiger partial charge in [-0.05, 0) is 31.2 Å². The zero-order valence-corrected chi connectivity index (χ0v) is 11.7. The van der Waals surface area contributed by atoms with Crippen molar-refractivity contribution in [1.29, 1.82) is 0 Å². The number of hydrogen-bond acceptors (Lipinski definition) is 2. The lowest BCUT2D eigenvalue weighted by Gasteiger charge is -2.28. The van der Waals surface area contributed by atoms with E-state index in [1.54, 1.807) is 0 Å². The maximum atomic E-state index is 11.3. The fourth-order valence-electron chi connectivity index (χ4n) is 1.89. The molecule has 0 saturated carbocycles. The first-order valence-corrected chi connectivity index (χ1v) is 6.44. The van der Waals surface area contributed by atoms with Crippen molar-refractivity contribution in [2.45, 2.75) is 39.2 Å². The van der Waals surface area contributed by atoms with E-state index in [4.69, 9.17) is 5.73 Å². The van der Waals surface area contributed by atoms with Gasteiger partial charge in [0.05, 0.1) is 5.54 Å². The topological polar surface area (TPSA) is 55.1 Å². The molecule has 100 valence electrons. The van der Waals surface area contributed by atoms with Crippen LogP contribution in [0.1, 0.15) is 39.2 Å². The minimum absolute atomic E-state index is 0.321. The first kappa shape index (κ1) is 14.7. The molecule has 1 aromatic carbocycles. The van der Waals surface area contributed by atoms with E-state index >= 15 is 0 Å². The molecule has 0 saturated heterocycles. The molecule has 3 heteroatoms. The van der Waals surface area contributed by atoms with Gasteiger partial charge < -0.3 is 11.1 Å². The molecule has 0 radical (unpaired) electrons. The van der Waals surface area contributed by atoms with Crippen LogP contribution in [0.15, 0.2) is 30.3 Å². The first-order chi connectivity index (χ1) is 8.34. The van der Waals surface area contributed by atoms with Gasteiger partial charge in [-0.3, -0.25) is 4.79 Å². The van der Waals surface area contributed by atoms with Crippen LogP contribution in [0.2, 0.25) is 0 Å². The maximum absolute atomic E-state index is 11.3. The van der Waals surface area contributed by atoms with Gasteiger partial charge in [0.1, 0.15) is 0 Å². The van der Waals surface area contributed by atoms with Gasteiger partial charge in [-0.1, -0.05) is 44.2 Å². The Morgan fingerprint density at radius 3 is 2.28 bits per heavy atom. The molecular formula is C15H24N2O. The summed E-state index contributed by atoms with van der Waals surface area (Å²) in [4.78, 5) is 11.3. The number of primary amides is 1. The van der Waals surface area contributed by atoms with Gasteiger partial charge >= 0.3 is 0 Å². The summed E-state index contributed by atoms with van der Waals surface area (Å²) in [6.45, 7) is 8.76. The molecule has 0 aliphatic rings. The summed E-state index contributed by atoms with van der Waals surface area (Å²) in [6.07, 6.45) is 0. The molecule has 0 spiro atoms. The lowest BCUT2D eigenvalue weighted by molar-refractivity contribution is -0.123. The van der Waals surface area contributed by atoms with Crippen LogP contribution >= 0.6 is 0 Å². The molecule has 18 heavy (non-hydrogen) atoms. The van der Waals surface area contributed by atoms with Crippen molar-refractivity contribution >= 4 is 5.91 Å². The predicted octanol–water partition coefficient (Wildman–Crippen LogP) is 2.28. The van der Waals surface area contributed by atoms with Crippen molar-refractivity contribution in [2.24, 2.45) is 11.7 Å². The van der Waals surface area contributed by atoms with E-state index in [9.17, 15) is 4.79 Å². The van der Waals surface area contributed by atoms with Gasteiger partial charge in [0, 0.05) is 6.54 Å². The molecule has 0 heterocycles. The van der Waals surface area contributed by atoms with Gasteiger partial charge in [-0.25, -0.2) is 0 Å². The molecule has 1 amide bonds. The van der Waals surface area contributed by atoms with Crippen molar-refractivity contribution in [3.63, 3.8) is 0 Å². The van der Waals surface area contributed by atoms with E-state index in [0.29, 0.717) is 11.8 Å². The number of amides is 1. The van der Waals surface area contributed by atoms with Crippen molar-refractivity contribution in [2.75, 3.05) is 6.54 Å². The maximum Gasteiger partial charge on any atom is 0.237 e. The SMILES string of the molecule is CC(C)C(CNC(C)(C)C(N)=O)c1ccccc1. The number of carbonyl (C=O) groups is 1. The van der Waals surface area contributed by atoms with Crippen molar-refractivity contribution in [3.05, 3.63) is 35.9 Å². The summed E-state index contributed by atoms with van der Waals surface area (Å²) in [7, 11) is 0. The van der Waals surface area contributed by atoms with Crippen LogP contribution in [-0.2, 0) is 4.79 Å². The molecular weight excluding hydrogens is 224 g/mol. The van der Waals surface area contributed by atoms with Crippen LogP contribution in [0.25, 0.3) is 0 Å². The number of nitrogens with one attached hydrogen (secondary N) is 1. The summed E-state index contributed by atoms with van der Waals surface area (Å²) in [5.41, 5.74) is 6.00. The van der Waals surface area contributed by atoms with Gasteiger partial charge in [0.25, 0.3) is 0 Å². The molecule has 1 rings (SSSR count). The highest BCUT2D eigenvalue weighted by molar-refractivity contribution is 5.83. The Morgan fingerprint density at radius 2 is 1.83 bits per heavy atom. The minimum atomic E-state index is -0.665. The van der Waals surface area contributed by atoms with Gasteiger partial charge in [-0.15, -0.1) is 0 Å². The van der Waals surface area contributed by atoms with E-state index in [1.165, 1.54) is 5.56 Å². The van der Waals surface area contributed by atoms with Crippen LogP contribution < -0.4 is 11.1 Å². The van der Waals surface area contributed by atoms with E-state index in [2.05, 4.69) is 31.3 Å². The quantitative estimate of drug-likeness (QED) is 0.811. The average Bonchev–Trinajstić information content (AvgIpc) is 2.29. The van der Waals surface area contributed by atoms with Crippen LogP contribution in [0.4, 0.5) is 0 Å². The van der Waals surface area contributed by atoms with Crippen LogP contribution in [0.3, 0.4) is 0 Å². The van der Waals surface area contributed by atoms with E-state index in [-0.39, 0.29) is 5.91 Å². The Labute approximate surface area is 110 Å². The third kappa shape index (κ3) is 3.84. The second-order valence-electron chi connectivity index (χ2n) is 5.63. The van der Waals surface area contributed by atoms with E-state index in [0.717, 1.165) is 6.54 Å². The van der Waals surface area contributed by atoms with Crippen molar-refractivity contribution < 1.29 is 4.79 Å². The fraction of sp³-hybridized carbons (Fsp3) is 0.533. The summed E-state index contributed by atoms with van der Waals surface area (Å²) in [5, 5.41) is 3.26. The average molecular weight is 248 g/mol. The third-order valence-electron chi connectivity index (χ3n) is 3.41. The van der Waals surface area contributed by atoms with Crippen molar-refractivity contribution in [1.82, 2.24) is 5.32 Å². The molecule has 1 aromatic rings. The monoisotopic (exact) mass is 248 g/mol. The third-order valence-corrected chi connectivity index (χ3v) is 3.41. The zero-order valence-electron chi connectivity index (χ0n) is 11.7. The summed E-state index contributed by atoms with van der Waals surface area (Å²) < 4.78 is 0. The number of carbonyl (C=O) groups excluding carboxylic acids is 1. The molecule has 1 atom stereocenters. The molecule has 0 fully saturated rings. The highest BCUT2D eigenvalue weighted by Gasteiger charge is 2.26. The van der Waals surface area contributed by atoms with Gasteiger partial charge in [0.2, 0.25) is 5.91 Å². The van der Waals surface area contributed by atoms with Crippen LogP contribution in [0, 0.1) is 5.92 Å². The zero-order chi connectivity index (χ0) is 13.8. The molecule has 1 unspecified atom stereocenters. The highest BCUT2D eigenvalue weighted by Crippen LogP contribution is 2.24. The first-order valence-electron chi connectivity index (χ1n) is 6.44. The van der Waals surface area contributed by atoms with Crippen LogP contribution in [-0.4, -0.2) is 18.0 Å². The van der Waals surface area contributed by atoms with Gasteiger partial charge in [-0.2, -0.15) is 0 Å². The second kappa shape index (κ2) is 6.01. The Kier molecular flexibility index (Phi) is 4.91. The Morgan fingerprint density at radius 1 is 1.28 bits per heavy atom. The number of benzene rings is 1. The molecule has 0 bridgehead atoms. The Bertz CT molecular complexity index is 385. The minimum Gasteiger partial charge on any atom is -0.368 e. The van der Waals surface area contributed by atoms with Crippen LogP contribution in [0.5, 0.6) is 0 Å². The lowest BCUT2D eigenvalue weighted by atomic mass is 9.87. The number of rotatable bonds is 6. The van der Waals surface area contributed by atoms with Gasteiger partial charge in [0.15, 0.2) is 0 Å². The molecule has 3 nitrogen and oxygen atoms in total. The normalized spacial score (nSPS) is 13.6. The smallest absolute Gasteiger partial charge is 0.237 e. The largest absolute Gasteiger partial charge is 0.368 e. The summed E-state index contributed by atoms with van der Waals surface area (Å²) >= 11 is 0. The summed E-state index contributed by atoms with van der Waals surface area (Å²) in [5.74, 6) is 0.562. The Hall–Kier alpha value is -1.35. The molecule has 0 aromatic heterocycles. The standard InChI is InChI=1S/C15H24N2O/c1-11(2)13(12-8-6-5-7-9-12)10-17-15(3,4)14(16)18/h5-9,11,13,17H,10H2,1-4H3,(H2,16,18). The molecule has 0 aliphatic heterocycles. The van der Waals surface area contributed by atoms with E-state index < -0.39 is 5.54 Å². The molecule has 3 N–H and O–H groups in total. The lowest BCUT2D eigenvalue weighted by Crippen LogP contribution is -2.52. The predicted molar refractivity (Wildman–Crippen MR) is 75.3 cm³/mol. The molecule has 0 aliphatic carbocycles. The number of hydrogen-bond donors (Lipinski definition) is 2.